The van der Waals surface area contributed by atoms with Gasteiger partial charge in [0, 0.05) is 25.8 Å². The van der Waals surface area contributed by atoms with Crippen molar-refractivity contribution in [2.75, 3.05) is 0 Å². The van der Waals surface area contributed by atoms with Gasteiger partial charge in [-0.15, -0.1) is 11.6 Å². The van der Waals surface area contributed by atoms with E-state index >= 15 is 0 Å². The van der Waals surface area contributed by atoms with Crippen LogP contribution in [0.25, 0.3) is 6.08 Å². The van der Waals surface area contributed by atoms with E-state index in [2.05, 4.69) is 66.7 Å². The van der Waals surface area contributed by atoms with E-state index in [1.165, 1.54) is 16.7 Å². The fourth-order valence-corrected chi connectivity index (χ4v) is 2.58. The van der Waals surface area contributed by atoms with Crippen LogP contribution in [0.5, 0.6) is 0 Å². The third-order valence-corrected chi connectivity index (χ3v) is 3.65. The molecule has 0 bridgehead atoms. The van der Waals surface area contributed by atoms with E-state index in [9.17, 15) is 0 Å². The molecule has 0 nitrogen and oxygen atoms in total. The van der Waals surface area contributed by atoms with Crippen molar-refractivity contribution in [2.24, 2.45) is 0 Å². The Morgan fingerprint density at radius 3 is 1.69 bits per heavy atom. The van der Waals surface area contributed by atoms with E-state index < -0.39 is 0 Å². The van der Waals surface area contributed by atoms with Crippen LogP contribution in [0.2, 0.25) is 0 Å². The van der Waals surface area contributed by atoms with Crippen LogP contribution in [-0.2, 0) is 32.3 Å². The van der Waals surface area contributed by atoms with E-state index in [1.807, 2.05) is 30.3 Å². The molecular weight excluding hydrogens is 515 g/mol. The SMILES string of the molecule is [C-]1=Cc2ccccc2C1Cc1ccccc1.[CH3-].[CH3-].[CH3-].[CH3-].[CH3-].[CH3-].[CH3-].[Hf].c1cc[cH-]c1. The summed E-state index contributed by atoms with van der Waals surface area (Å²) in [4.78, 5) is 0. The molecule has 29 heavy (non-hydrogen) atoms. The minimum absolute atomic E-state index is 0. The molecule has 3 aromatic rings. The van der Waals surface area contributed by atoms with E-state index in [-0.39, 0.29) is 77.8 Å². The number of fused-ring (bicyclic) bond motifs is 1. The van der Waals surface area contributed by atoms with Gasteiger partial charge in [-0.05, 0) is 12.0 Å². The number of benzene rings is 2. The van der Waals surface area contributed by atoms with Gasteiger partial charge in [0.05, 0.1) is 0 Å². The Bertz CT molecular complexity index is 664. The van der Waals surface area contributed by atoms with Crippen molar-refractivity contribution < 1.29 is 25.8 Å². The standard InChI is InChI=1S/C16H13.C5H5.7CH3.Hf/c1-2-6-13(7-3-1)12-15-11-10-14-8-4-5-9-16(14)15;1-2-4-5-3-1;;;;;;;;/h1-10,15H,12H2;1-5H;7*1H3;/q9*-1;. The molecular formula is C28H39Hf-9. The van der Waals surface area contributed by atoms with Crippen LogP contribution in [0.3, 0.4) is 0 Å². The van der Waals surface area contributed by atoms with Crippen molar-refractivity contribution in [1.82, 2.24) is 0 Å². The molecule has 3 aromatic carbocycles. The molecule has 0 radical (unpaired) electrons. The third-order valence-electron chi connectivity index (χ3n) is 3.65. The van der Waals surface area contributed by atoms with Crippen LogP contribution < -0.4 is 0 Å². The normalized spacial score (nSPS) is 11.0. The molecule has 0 heterocycles. The number of hydrogen-bond acceptors (Lipinski definition) is 0. The average Bonchev–Trinajstić information content (AvgIpc) is 3.22. The molecule has 164 valence electrons. The van der Waals surface area contributed by atoms with Gasteiger partial charge >= 0.3 is 0 Å². The second kappa shape index (κ2) is 22.7. The first-order chi connectivity index (χ1) is 10.4. The summed E-state index contributed by atoms with van der Waals surface area (Å²) < 4.78 is 0. The summed E-state index contributed by atoms with van der Waals surface area (Å²) in [6.45, 7) is 0. The van der Waals surface area contributed by atoms with Crippen LogP contribution >= 0.6 is 0 Å². The Morgan fingerprint density at radius 1 is 0.655 bits per heavy atom. The smallest absolute Gasteiger partial charge is 0 e. The first kappa shape index (κ1) is 41.7. The zero-order valence-corrected chi connectivity index (χ0v) is 23.0. The van der Waals surface area contributed by atoms with Gasteiger partial charge in [0.25, 0.3) is 0 Å². The summed E-state index contributed by atoms with van der Waals surface area (Å²) in [7, 11) is 0. The van der Waals surface area contributed by atoms with E-state index in [4.69, 9.17) is 0 Å². The van der Waals surface area contributed by atoms with Crippen LogP contribution in [0.4, 0.5) is 0 Å². The molecule has 0 saturated heterocycles. The quantitative estimate of drug-likeness (QED) is 0.221. The molecule has 1 atom stereocenters. The summed E-state index contributed by atoms with van der Waals surface area (Å²) in [6.07, 6.45) is 6.61. The predicted molar refractivity (Wildman–Crippen MR) is 134 cm³/mol. The maximum Gasteiger partial charge on any atom is 0 e. The molecule has 1 heteroatoms. The summed E-state index contributed by atoms with van der Waals surface area (Å²) in [5, 5.41) is 0. The van der Waals surface area contributed by atoms with Crippen molar-refractivity contribution >= 4 is 6.08 Å². The summed E-state index contributed by atoms with van der Waals surface area (Å²) in [5.74, 6) is 0.429. The molecule has 1 aliphatic rings. The Morgan fingerprint density at radius 2 is 1.17 bits per heavy atom. The van der Waals surface area contributed by atoms with Crippen molar-refractivity contribution in [3.63, 3.8) is 0 Å². The molecule has 1 aliphatic carbocycles. The minimum Gasteiger partial charge on any atom is -0.358 e. The van der Waals surface area contributed by atoms with Gasteiger partial charge in [0.1, 0.15) is 0 Å². The Balaban J connectivity index is -0.0000000916. The van der Waals surface area contributed by atoms with E-state index in [0.717, 1.165) is 6.42 Å². The molecule has 0 saturated carbocycles. The topological polar surface area (TPSA) is 0 Å². The molecule has 0 aromatic heterocycles. The van der Waals surface area contributed by atoms with Gasteiger partial charge in [-0.1, -0.05) is 54.4 Å². The summed E-state index contributed by atoms with van der Waals surface area (Å²) in [6, 6.07) is 29.2. The van der Waals surface area contributed by atoms with Crippen LogP contribution in [0, 0.1) is 58.1 Å². The number of allylic oxidation sites excluding steroid dienone is 1. The molecule has 0 amide bonds. The molecule has 1 unspecified atom stereocenters. The monoisotopic (exact) mass is 555 g/mol. The summed E-state index contributed by atoms with van der Waals surface area (Å²) in [5.41, 5.74) is 4.11. The second-order valence-electron chi connectivity index (χ2n) is 5.14. The number of rotatable bonds is 2. The predicted octanol–water partition coefficient (Wildman–Crippen LogP) is 8.40. The van der Waals surface area contributed by atoms with Crippen molar-refractivity contribution in [1.29, 1.82) is 0 Å². The van der Waals surface area contributed by atoms with E-state index in [0.29, 0.717) is 5.92 Å². The molecule has 0 fully saturated rings. The Kier molecular flexibility index (Phi) is 32.6. The average molecular weight is 554 g/mol. The van der Waals surface area contributed by atoms with Gasteiger partial charge in [0.15, 0.2) is 0 Å². The van der Waals surface area contributed by atoms with E-state index in [1.54, 1.807) is 0 Å². The third kappa shape index (κ3) is 12.5. The van der Waals surface area contributed by atoms with Crippen molar-refractivity contribution in [3.8, 4) is 0 Å². The first-order valence-corrected chi connectivity index (χ1v) is 7.32. The Hall–Kier alpha value is -1.60. The van der Waals surface area contributed by atoms with Gasteiger partial charge in [-0.2, -0.15) is 23.8 Å². The second-order valence-corrected chi connectivity index (χ2v) is 5.14. The minimum atomic E-state index is 0. The fraction of sp³-hybridized carbons (Fsp3) is 0.0714. The first-order valence-electron chi connectivity index (χ1n) is 7.32. The molecule has 4 rings (SSSR count). The van der Waals surface area contributed by atoms with Crippen LogP contribution in [0.15, 0.2) is 84.9 Å². The van der Waals surface area contributed by atoms with Crippen LogP contribution in [0.1, 0.15) is 22.6 Å². The largest absolute Gasteiger partial charge is 0.358 e. The Labute approximate surface area is 203 Å². The summed E-state index contributed by atoms with van der Waals surface area (Å²) >= 11 is 0. The number of hydrogen-bond donors (Lipinski definition) is 0. The fourth-order valence-electron chi connectivity index (χ4n) is 2.58. The maximum atomic E-state index is 3.45. The van der Waals surface area contributed by atoms with Gasteiger partial charge in [-0.3, -0.25) is 6.08 Å². The maximum absolute atomic E-state index is 3.45. The zero-order valence-electron chi connectivity index (χ0n) is 19.4. The molecule has 0 spiro atoms. The van der Waals surface area contributed by atoms with Gasteiger partial charge in [0.2, 0.25) is 0 Å². The van der Waals surface area contributed by atoms with Crippen LogP contribution in [-0.4, -0.2) is 0 Å². The van der Waals surface area contributed by atoms with Gasteiger partial charge in [-0.25, -0.2) is 18.2 Å². The molecule has 0 N–H and O–H groups in total. The zero-order chi connectivity index (χ0) is 14.3. The van der Waals surface area contributed by atoms with Gasteiger partial charge < -0.3 is 52.0 Å². The van der Waals surface area contributed by atoms with Crippen molar-refractivity contribution in [3.05, 3.63) is 160 Å². The molecule has 0 aliphatic heterocycles. The van der Waals surface area contributed by atoms with Crippen molar-refractivity contribution in [2.45, 2.75) is 12.3 Å².